The first-order chi connectivity index (χ1) is 5.65. The number of rotatable bonds is 2. The molecule has 12 heavy (non-hydrogen) atoms. The first kappa shape index (κ1) is 8.59. The molecule has 1 aliphatic rings. The zero-order valence-electron chi connectivity index (χ0n) is 7.05. The normalized spacial score (nSPS) is 17.1. The van der Waals surface area contributed by atoms with Crippen LogP contribution in [0.25, 0.3) is 0 Å². The van der Waals surface area contributed by atoms with Gasteiger partial charge in [0.2, 0.25) is 0 Å². The third kappa shape index (κ3) is 1.56. The minimum atomic E-state index is 0.307. The average Bonchev–Trinajstić information content (AvgIpc) is 2.01. The van der Waals surface area contributed by atoms with Gasteiger partial charge in [0, 0.05) is 5.70 Å². The zero-order chi connectivity index (χ0) is 9.14. The van der Waals surface area contributed by atoms with Crippen LogP contribution in [0.3, 0.4) is 0 Å². The van der Waals surface area contributed by atoms with E-state index in [1.807, 2.05) is 6.92 Å². The highest BCUT2D eigenvalue weighted by Crippen LogP contribution is 2.15. The van der Waals surface area contributed by atoms with E-state index < -0.39 is 0 Å². The van der Waals surface area contributed by atoms with Crippen molar-refractivity contribution in [3.05, 3.63) is 35.8 Å². The lowest BCUT2D eigenvalue weighted by Gasteiger charge is -2.13. The summed E-state index contributed by atoms with van der Waals surface area (Å²) in [5, 5.41) is 7.48. The summed E-state index contributed by atoms with van der Waals surface area (Å²) in [6.07, 6.45) is 3.23. The van der Waals surface area contributed by atoms with Crippen LogP contribution < -0.4 is 5.73 Å². The van der Waals surface area contributed by atoms with E-state index in [2.05, 4.69) is 6.58 Å². The summed E-state index contributed by atoms with van der Waals surface area (Å²) in [5.74, 6) is 0.539. The lowest BCUT2D eigenvalue weighted by Crippen LogP contribution is -2.13. The summed E-state index contributed by atoms with van der Waals surface area (Å²) >= 11 is 0. The largest absolute Gasteiger partial charge is 0.492 e. The fourth-order valence-electron chi connectivity index (χ4n) is 0.914. The molecule has 0 aromatic carbocycles. The molecule has 0 amide bonds. The lowest BCUT2D eigenvalue weighted by molar-refractivity contribution is 0.249. The molecule has 64 valence electrons. The molecule has 0 fully saturated rings. The van der Waals surface area contributed by atoms with Crippen LogP contribution in [0, 0.1) is 5.41 Å². The predicted molar refractivity (Wildman–Crippen MR) is 48.8 cm³/mol. The van der Waals surface area contributed by atoms with E-state index in [0.717, 1.165) is 0 Å². The van der Waals surface area contributed by atoms with Gasteiger partial charge < -0.3 is 10.5 Å². The van der Waals surface area contributed by atoms with Crippen molar-refractivity contribution in [2.75, 3.05) is 6.61 Å². The van der Waals surface area contributed by atoms with Gasteiger partial charge in [0.15, 0.2) is 0 Å². The molecule has 0 aromatic rings. The molecule has 1 rings (SSSR count). The molecule has 0 aromatic heterocycles. The van der Waals surface area contributed by atoms with Gasteiger partial charge in [0.05, 0.1) is 12.3 Å². The van der Waals surface area contributed by atoms with Gasteiger partial charge in [0.25, 0.3) is 0 Å². The van der Waals surface area contributed by atoms with Gasteiger partial charge in [-0.1, -0.05) is 6.58 Å². The third-order valence-electron chi connectivity index (χ3n) is 1.54. The highest BCUT2D eigenvalue weighted by molar-refractivity contribution is 6.07. The van der Waals surface area contributed by atoms with Gasteiger partial charge in [-0.3, -0.25) is 5.41 Å². The van der Waals surface area contributed by atoms with E-state index >= 15 is 0 Å². The number of nitrogens with two attached hydrogens (primary N) is 1. The second kappa shape index (κ2) is 3.26. The molecule has 3 N–H and O–H groups in total. The molecule has 0 spiro atoms. The van der Waals surface area contributed by atoms with Crippen molar-refractivity contribution in [2.24, 2.45) is 5.73 Å². The Labute approximate surface area is 71.7 Å². The number of allylic oxidation sites excluding steroid dienone is 2. The molecule has 0 radical (unpaired) electrons. The summed E-state index contributed by atoms with van der Waals surface area (Å²) < 4.78 is 5.19. The predicted octanol–water partition coefficient (Wildman–Crippen LogP) is 1.34. The van der Waals surface area contributed by atoms with Crippen molar-refractivity contribution in [2.45, 2.75) is 6.92 Å². The van der Waals surface area contributed by atoms with Gasteiger partial charge in [0.1, 0.15) is 5.76 Å². The summed E-state index contributed by atoms with van der Waals surface area (Å²) in [6.45, 7) is 6.14. The molecular weight excluding hydrogens is 152 g/mol. The molecule has 0 heterocycles. The van der Waals surface area contributed by atoms with Crippen LogP contribution in [0.5, 0.6) is 0 Å². The third-order valence-corrected chi connectivity index (χ3v) is 1.54. The molecule has 0 aliphatic heterocycles. The van der Waals surface area contributed by atoms with Gasteiger partial charge in [-0.2, -0.15) is 0 Å². The van der Waals surface area contributed by atoms with Crippen LogP contribution in [0.2, 0.25) is 0 Å². The monoisotopic (exact) mass is 164 g/mol. The minimum Gasteiger partial charge on any atom is -0.492 e. The van der Waals surface area contributed by atoms with E-state index in [-0.39, 0.29) is 0 Å². The van der Waals surface area contributed by atoms with E-state index in [1.165, 1.54) is 0 Å². The van der Waals surface area contributed by atoms with Crippen molar-refractivity contribution in [1.29, 1.82) is 5.41 Å². The molecule has 3 heteroatoms. The van der Waals surface area contributed by atoms with Gasteiger partial charge >= 0.3 is 0 Å². The number of nitrogens with one attached hydrogen (secondary N) is 1. The van der Waals surface area contributed by atoms with E-state index in [1.54, 1.807) is 12.2 Å². The Hall–Kier alpha value is -1.51. The summed E-state index contributed by atoms with van der Waals surface area (Å²) in [5.41, 5.74) is 7.09. The highest BCUT2D eigenvalue weighted by atomic mass is 16.5. The first-order valence-electron chi connectivity index (χ1n) is 3.75. The maximum Gasteiger partial charge on any atom is 0.144 e. The Bertz CT molecular complexity index is 287. The zero-order valence-corrected chi connectivity index (χ0v) is 7.05. The number of ether oxygens (including phenoxy) is 1. The minimum absolute atomic E-state index is 0.307. The molecule has 0 atom stereocenters. The van der Waals surface area contributed by atoms with Crippen molar-refractivity contribution < 1.29 is 4.74 Å². The fourth-order valence-corrected chi connectivity index (χ4v) is 0.914. The standard InChI is InChI=1S/C9H12N2O/c1-3-12-9-4-6(2)7(10)5-8(9)11/h4-5,11H,2-3,10H2,1H3. The van der Waals surface area contributed by atoms with E-state index in [4.69, 9.17) is 15.9 Å². The van der Waals surface area contributed by atoms with Crippen molar-refractivity contribution in [1.82, 2.24) is 0 Å². The molecular formula is C9H12N2O. The van der Waals surface area contributed by atoms with Crippen LogP contribution in [-0.2, 0) is 4.74 Å². The Morgan fingerprint density at radius 3 is 2.83 bits per heavy atom. The summed E-state index contributed by atoms with van der Waals surface area (Å²) in [6, 6.07) is 0. The van der Waals surface area contributed by atoms with E-state index in [9.17, 15) is 0 Å². The Morgan fingerprint density at radius 2 is 2.25 bits per heavy atom. The lowest BCUT2D eigenvalue weighted by atomic mass is 10.1. The second-order valence-corrected chi connectivity index (χ2v) is 2.48. The van der Waals surface area contributed by atoms with Crippen LogP contribution in [-0.4, -0.2) is 12.3 Å². The van der Waals surface area contributed by atoms with E-state index in [0.29, 0.717) is 29.3 Å². The smallest absolute Gasteiger partial charge is 0.144 e. The number of hydrogen-bond acceptors (Lipinski definition) is 3. The molecule has 3 nitrogen and oxygen atoms in total. The van der Waals surface area contributed by atoms with Crippen LogP contribution >= 0.6 is 0 Å². The van der Waals surface area contributed by atoms with Crippen LogP contribution in [0.1, 0.15) is 6.92 Å². The highest BCUT2D eigenvalue weighted by Gasteiger charge is 2.11. The Morgan fingerprint density at radius 1 is 1.58 bits per heavy atom. The van der Waals surface area contributed by atoms with Crippen LogP contribution in [0.4, 0.5) is 0 Å². The fraction of sp³-hybridized carbons (Fsp3) is 0.222. The summed E-state index contributed by atoms with van der Waals surface area (Å²) in [7, 11) is 0. The Kier molecular flexibility index (Phi) is 2.33. The molecule has 0 bridgehead atoms. The quantitative estimate of drug-likeness (QED) is 0.647. The Balaban J connectivity index is 2.85. The van der Waals surface area contributed by atoms with Crippen molar-refractivity contribution >= 4 is 5.71 Å². The molecule has 0 saturated carbocycles. The molecule has 1 aliphatic carbocycles. The molecule has 0 unspecified atom stereocenters. The average molecular weight is 164 g/mol. The van der Waals surface area contributed by atoms with Gasteiger partial charge in [-0.15, -0.1) is 0 Å². The maximum absolute atomic E-state index is 7.48. The maximum atomic E-state index is 7.48. The molecule has 0 saturated heterocycles. The SMILES string of the molecule is C=C1C=C(OCC)C(=N)C=C1N. The van der Waals surface area contributed by atoms with Crippen LogP contribution in [0.15, 0.2) is 35.8 Å². The summed E-state index contributed by atoms with van der Waals surface area (Å²) in [4.78, 5) is 0. The number of hydrogen-bond donors (Lipinski definition) is 2. The van der Waals surface area contributed by atoms with Gasteiger partial charge in [-0.25, -0.2) is 0 Å². The second-order valence-electron chi connectivity index (χ2n) is 2.48. The van der Waals surface area contributed by atoms with Crippen molar-refractivity contribution in [3.63, 3.8) is 0 Å². The first-order valence-corrected chi connectivity index (χ1v) is 3.75. The van der Waals surface area contributed by atoms with Gasteiger partial charge in [-0.05, 0) is 24.6 Å². The van der Waals surface area contributed by atoms with Crippen molar-refractivity contribution in [3.8, 4) is 0 Å². The topological polar surface area (TPSA) is 59.1 Å².